The zero-order chi connectivity index (χ0) is 14.3. The molecule has 0 aliphatic carbocycles. The van der Waals surface area contributed by atoms with Gasteiger partial charge in [-0.05, 0) is 17.5 Å². The summed E-state index contributed by atoms with van der Waals surface area (Å²) in [4.78, 5) is 0. The molecule has 0 aromatic heterocycles. The summed E-state index contributed by atoms with van der Waals surface area (Å²) in [5.41, 5.74) is 7.35. The van der Waals surface area contributed by atoms with Gasteiger partial charge in [-0.15, -0.1) is 0 Å². The molecular weight excluding hydrogens is 260 g/mol. The third-order valence-electron chi connectivity index (χ3n) is 3.11. The molecule has 0 aliphatic heterocycles. The van der Waals surface area contributed by atoms with E-state index in [0.717, 1.165) is 24.0 Å². The average molecular weight is 284 g/mol. The predicted octanol–water partition coefficient (Wildman–Crippen LogP) is 2.10. The first-order valence-electron chi connectivity index (χ1n) is 6.79. The van der Waals surface area contributed by atoms with Crippen LogP contribution in [0.15, 0.2) is 24.3 Å². The highest BCUT2D eigenvalue weighted by molar-refractivity contribution is 7.88. The fourth-order valence-corrected chi connectivity index (χ4v) is 3.50. The highest BCUT2D eigenvalue weighted by atomic mass is 32.2. The molecule has 19 heavy (non-hydrogen) atoms. The van der Waals surface area contributed by atoms with Crippen LogP contribution in [0.5, 0.6) is 0 Å². The molecule has 1 rings (SSSR count). The SMILES string of the molecule is CCCCN(CC)S(=O)(=O)Cc1ccc(CN)cc1. The van der Waals surface area contributed by atoms with Crippen molar-refractivity contribution >= 4 is 10.0 Å². The van der Waals surface area contributed by atoms with E-state index in [-0.39, 0.29) is 5.75 Å². The van der Waals surface area contributed by atoms with Crippen LogP contribution in [0.25, 0.3) is 0 Å². The van der Waals surface area contributed by atoms with Crippen molar-refractivity contribution in [3.8, 4) is 0 Å². The van der Waals surface area contributed by atoms with E-state index in [4.69, 9.17) is 5.73 Å². The van der Waals surface area contributed by atoms with Crippen molar-refractivity contribution in [2.75, 3.05) is 13.1 Å². The molecule has 4 nitrogen and oxygen atoms in total. The van der Waals surface area contributed by atoms with E-state index < -0.39 is 10.0 Å². The van der Waals surface area contributed by atoms with Crippen LogP contribution in [-0.4, -0.2) is 25.8 Å². The Morgan fingerprint density at radius 2 is 1.68 bits per heavy atom. The van der Waals surface area contributed by atoms with Gasteiger partial charge in [0.05, 0.1) is 5.75 Å². The van der Waals surface area contributed by atoms with Crippen molar-refractivity contribution in [3.63, 3.8) is 0 Å². The molecule has 0 saturated carbocycles. The third kappa shape index (κ3) is 4.93. The highest BCUT2D eigenvalue weighted by Crippen LogP contribution is 2.12. The molecule has 2 N–H and O–H groups in total. The van der Waals surface area contributed by atoms with Gasteiger partial charge in [0, 0.05) is 19.6 Å². The van der Waals surface area contributed by atoms with E-state index in [2.05, 4.69) is 6.92 Å². The second-order valence-electron chi connectivity index (χ2n) is 4.62. The molecule has 0 unspecified atom stereocenters. The molecule has 0 radical (unpaired) electrons. The minimum Gasteiger partial charge on any atom is -0.326 e. The summed E-state index contributed by atoms with van der Waals surface area (Å²) in [5.74, 6) is 0.0649. The van der Waals surface area contributed by atoms with E-state index in [1.807, 2.05) is 31.2 Å². The first-order chi connectivity index (χ1) is 9.03. The lowest BCUT2D eigenvalue weighted by Crippen LogP contribution is -2.32. The fourth-order valence-electron chi connectivity index (χ4n) is 1.90. The quantitative estimate of drug-likeness (QED) is 0.795. The van der Waals surface area contributed by atoms with Gasteiger partial charge < -0.3 is 5.73 Å². The lowest BCUT2D eigenvalue weighted by atomic mass is 10.1. The molecule has 0 aliphatic rings. The van der Waals surface area contributed by atoms with Crippen LogP contribution in [0, 0.1) is 0 Å². The summed E-state index contributed by atoms with van der Waals surface area (Å²) < 4.78 is 26.1. The smallest absolute Gasteiger partial charge is 0.218 e. The summed E-state index contributed by atoms with van der Waals surface area (Å²) in [6.45, 7) is 5.56. The molecule has 5 heteroatoms. The molecule has 108 valence electrons. The number of sulfonamides is 1. The van der Waals surface area contributed by atoms with Crippen molar-refractivity contribution < 1.29 is 8.42 Å². The van der Waals surface area contributed by atoms with E-state index >= 15 is 0 Å². The zero-order valence-electron chi connectivity index (χ0n) is 11.8. The molecule has 0 fully saturated rings. The van der Waals surface area contributed by atoms with Crippen molar-refractivity contribution in [2.45, 2.75) is 39.0 Å². The maximum Gasteiger partial charge on any atom is 0.218 e. The number of unbranched alkanes of at least 4 members (excludes halogenated alkanes) is 1. The summed E-state index contributed by atoms with van der Waals surface area (Å²) in [6, 6.07) is 7.45. The van der Waals surface area contributed by atoms with Crippen molar-refractivity contribution in [1.82, 2.24) is 4.31 Å². The molecule has 0 atom stereocenters. The fraction of sp³-hybridized carbons (Fsp3) is 0.571. The van der Waals surface area contributed by atoms with Crippen LogP contribution < -0.4 is 5.73 Å². The Balaban J connectivity index is 2.76. The predicted molar refractivity (Wildman–Crippen MR) is 79.1 cm³/mol. The van der Waals surface area contributed by atoms with E-state index in [1.54, 1.807) is 4.31 Å². The number of benzene rings is 1. The first kappa shape index (κ1) is 16.1. The Labute approximate surface area is 116 Å². The molecule has 1 aromatic carbocycles. The van der Waals surface area contributed by atoms with Gasteiger partial charge in [-0.3, -0.25) is 0 Å². The summed E-state index contributed by atoms with van der Waals surface area (Å²) in [7, 11) is -3.22. The van der Waals surface area contributed by atoms with Gasteiger partial charge in [-0.25, -0.2) is 12.7 Å². The van der Waals surface area contributed by atoms with Crippen LogP contribution in [-0.2, 0) is 22.3 Å². The maximum absolute atomic E-state index is 12.3. The van der Waals surface area contributed by atoms with Crippen LogP contribution in [0.2, 0.25) is 0 Å². The standard InChI is InChI=1S/C14H24N2O2S/c1-3-5-10-16(4-2)19(17,18)12-14-8-6-13(11-15)7-9-14/h6-9H,3-5,10-12,15H2,1-2H3. The number of nitrogens with zero attached hydrogens (tertiary/aromatic N) is 1. The molecule has 0 spiro atoms. The maximum atomic E-state index is 12.3. The number of nitrogens with two attached hydrogens (primary N) is 1. The van der Waals surface area contributed by atoms with Crippen LogP contribution in [0.1, 0.15) is 37.8 Å². The topological polar surface area (TPSA) is 63.4 Å². The number of hydrogen-bond acceptors (Lipinski definition) is 3. The van der Waals surface area contributed by atoms with Gasteiger partial charge in [-0.1, -0.05) is 44.5 Å². The zero-order valence-corrected chi connectivity index (χ0v) is 12.6. The summed E-state index contributed by atoms with van der Waals surface area (Å²) >= 11 is 0. The third-order valence-corrected chi connectivity index (χ3v) is 5.04. The van der Waals surface area contributed by atoms with Gasteiger partial charge in [-0.2, -0.15) is 0 Å². The van der Waals surface area contributed by atoms with Crippen LogP contribution in [0.3, 0.4) is 0 Å². The summed E-state index contributed by atoms with van der Waals surface area (Å²) in [6.07, 6.45) is 1.90. The molecular formula is C14H24N2O2S. The number of rotatable bonds is 8. The van der Waals surface area contributed by atoms with Gasteiger partial charge in [0.15, 0.2) is 0 Å². The van der Waals surface area contributed by atoms with E-state index in [9.17, 15) is 8.42 Å². The second-order valence-corrected chi connectivity index (χ2v) is 6.59. The van der Waals surface area contributed by atoms with Gasteiger partial charge in [0.1, 0.15) is 0 Å². The van der Waals surface area contributed by atoms with Crippen LogP contribution >= 0.6 is 0 Å². The Morgan fingerprint density at radius 3 is 2.16 bits per heavy atom. The second kappa shape index (κ2) is 7.62. The molecule has 0 amide bonds. The lowest BCUT2D eigenvalue weighted by molar-refractivity contribution is 0.418. The lowest BCUT2D eigenvalue weighted by Gasteiger charge is -2.20. The Morgan fingerprint density at radius 1 is 1.11 bits per heavy atom. The van der Waals surface area contributed by atoms with Gasteiger partial charge in [0.25, 0.3) is 0 Å². The average Bonchev–Trinajstić information content (AvgIpc) is 2.39. The summed E-state index contributed by atoms with van der Waals surface area (Å²) in [5, 5.41) is 0. The minimum absolute atomic E-state index is 0.0649. The molecule has 1 aromatic rings. The van der Waals surface area contributed by atoms with E-state index in [0.29, 0.717) is 19.6 Å². The molecule has 0 heterocycles. The minimum atomic E-state index is -3.22. The van der Waals surface area contributed by atoms with Crippen molar-refractivity contribution in [3.05, 3.63) is 35.4 Å². The number of hydrogen-bond donors (Lipinski definition) is 1. The molecule has 0 bridgehead atoms. The van der Waals surface area contributed by atoms with E-state index in [1.165, 1.54) is 0 Å². The largest absolute Gasteiger partial charge is 0.326 e. The highest BCUT2D eigenvalue weighted by Gasteiger charge is 2.20. The van der Waals surface area contributed by atoms with Crippen molar-refractivity contribution in [1.29, 1.82) is 0 Å². The van der Waals surface area contributed by atoms with Gasteiger partial charge in [0.2, 0.25) is 10.0 Å². The molecule has 0 saturated heterocycles. The normalized spacial score (nSPS) is 12.0. The van der Waals surface area contributed by atoms with Gasteiger partial charge >= 0.3 is 0 Å². The first-order valence-corrected chi connectivity index (χ1v) is 8.40. The Bertz CT molecular complexity index is 469. The monoisotopic (exact) mass is 284 g/mol. The Kier molecular flexibility index (Phi) is 6.48. The van der Waals surface area contributed by atoms with Crippen LogP contribution in [0.4, 0.5) is 0 Å². The van der Waals surface area contributed by atoms with Crippen molar-refractivity contribution in [2.24, 2.45) is 5.73 Å². The Hall–Kier alpha value is -0.910.